The summed E-state index contributed by atoms with van der Waals surface area (Å²) < 4.78 is 12.2. The average molecular weight is 372 g/mol. The molecule has 1 aromatic rings. The quantitative estimate of drug-likeness (QED) is 0.327. The molecule has 25 heavy (non-hydrogen) atoms. The lowest BCUT2D eigenvalue weighted by Gasteiger charge is -2.16. The molecule has 2 rings (SSSR count). The molecule has 2 radical (unpaired) electrons. The minimum atomic E-state index is 0. The molecular weight excluding hydrogens is 342 g/mol. The van der Waals surface area contributed by atoms with Gasteiger partial charge in [-0.2, -0.15) is 5.10 Å². The van der Waals surface area contributed by atoms with Crippen molar-refractivity contribution in [1.29, 1.82) is 0 Å². The maximum Gasteiger partial charge on any atom is 0.281 e. The van der Waals surface area contributed by atoms with E-state index in [1.807, 2.05) is 18.2 Å². The minimum Gasteiger partial charge on any atom is -1.00 e. The maximum atomic E-state index is 7.50. The summed E-state index contributed by atoms with van der Waals surface area (Å²) in [5, 5.41) is 3.51. The van der Waals surface area contributed by atoms with Crippen LogP contribution in [0, 0.1) is 0 Å². The molecule has 0 aliphatic heterocycles. The van der Waals surface area contributed by atoms with Crippen LogP contribution in [0.5, 0.6) is 11.5 Å². The second-order valence-electron chi connectivity index (χ2n) is 6.90. The van der Waals surface area contributed by atoms with Gasteiger partial charge in [0.25, 0.3) is 6.79 Å². The van der Waals surface area contributed by atoms with E-state index < -0.39 is 0 Å². The van der Waals surface area contributed by atoms with E-state index in [1.54, 1.807) is 13.3 Å². The van der Waals surface area contributed by atoms with E-state index in [1.165, 1.54) is 12.8 Å². The summed E-state index contributed by atoms with van der Waals surface area (Å²) >= 11 is 0. The summed E-state index contributed by atoms with van der Waals surface area (Å²) in [5.74, 6) is 6.67. The van der Waals surface area contributed by atoms with Crippen molar-refractivity contribution in [3.8, 4) is 11.5 Å². The largest absolute Gasteiger partial charge is 1.00 e. The summed E-state index contributed by atoms with van der Waals surface area (Å²) in [5.41, 5.74) is 0.918. The summed E-state index contributed by atoms with van der Waals surface area (Å²) in [6.45, 7) is 4.50. The average Bonchev–Trinajstić information content (AvgIpc) is 3.01. The third-order valence-corrected chi connectivity index (χ3v) is 3.01. The van der Waals surface area contributed by atoms with Gasteiger partial charge < -0.3 is 32.2 Å². The van der Waals surface area contributed by atoms with Gasteiger partial charge in [0.2, 0.25) is 0 Å². The number of halogens is 1. The number of nitrogens with zero attached hydrogens (tertiary/aromatic N) is 2. The predicted molar refractivity (Wildman–Crippen MR) is 97.3 cm³/mol. The molecule has 2 N–H and O–H groups in total. The first-order valence-electron chi connectivity index (χ1n) is 7.90. The van der Waals surface area contributed by atoms with Crippen LogP contribution in [-0.4, -0.2) is 58.9 Å². The summed E-state index contributed by atoms with van der Waals surface area (Å²) in [6, 6.07) is 5.69. The van der Waals surface area contributed by atoms with Crippen molar-refractivity contribution in [2.24, 2.45) is 10.9 Å². The van der Waals surface area contributed by atoms with Gasteiger partial charge in [-0.3, -0.25) is 4.79 Å². The Morgan fingerprint density at radius 2 is 1.68 bits per heavy atom. The van der Waals surface area contributed by atoms with Crippen molar-refractivity contribution in [2.75, 3.05) is 35.3 Å². The Balaban J connectivity index is 0. The lowest BCUT2D eigenvalue weighted by Crippen LogP contribution is -3.00. The van der Waals surface area contributed by atoms with Crippen LogP contribution in [0.25, 0.3) is 0 Å². The molecule has 0 saturated heterocycles. The SMILES string of the molecule is COc1ccc(/C=N/N)cc1OC1CCCC1.C[N+](C)(C)C.[C]=O.[Cl-]. The van der Waals surface area contributed by atoms with Crippen molar-refractivity contribution in [3.63, 3.8) is 0 Å². The zero-order valence-electron chi connectivity index (χ0n) is 15.8. The van der Waals surface area contributed by atoms with E-state index in [9.17, 15) is 0 Å². The molecule has 1 saturated carbocycles. The number of methoxy groups -OCH3 is 1. The zero-order valence-corrected chi connectivity index (χ0v) is 16.5. The van der Waals surface area contributed by atoms with Gasteiger partial charge in [-0.25, -0.2) is 0 Å². The first-order valence-corrected chi connectivity index (χ1v) is 7.90. The standard InChI is InChI=1S/C13H18N2O2.C4H12N.CO.ClH/c1-16-12-7-6-10(9-15-14)8-13(12)17-11-4-2-3-5-11;1-5(2,3)4;1-2;/h6-9,11H,2-5,14H2,1H3;1-4H3;;1H/q;+1;;/p-1/b15-9+;;;. The Kier molecular flexibility index (Phi) is 13.7. The first-order chi connectivity index (χ1) is 11.3. The highest BCUT2D eigenvalue weighted by atomic mass is 35.5. The Labute approximate surface area is 158 Å². The van der Waals surface area contributed by atoms with E-state index in [4.69, 9.17) is 20.1 Å². The van der Waals surface area contributed by atoms with Gasteiger partial charge in [-0.05, 0) is 49.4 Å². The number of hydrogen-bond acceptors (Lipinski definition) is 5. The Morgan fingerprint density at radius 1 is 1.16 bits per heavy atom. The fourth-order valence-corrected chi connectivity index (χ4v) is 2.14. The van der Waals surface area contributed by atoms with E-state index in [0.717, 1.165) is 34.4 Å². The molecule has 0 unspecified atom stereocenters. The van der Waals surface area contributed by atoms with Gasteiger partial charge in [0.1, 0.15) is 0 Å². The van der Waals surface area contributed by atoms with Crippen molar-refractivity contribution in [3.05, 3.63) is 23.8 Å². The fourth-order valence-electron chi connectivity index (χ4n) is 2.14. The van der Waals surface area contributed by atoms with Crippen LogP contribution in [0.3, 0.4) is 0 Å². The molecule has 0 heterocycles. The molecule has 0 aromatic heterocycles. The van der Waals surface area contributed by atoms with Gasteiger partial charge in [0.05, 0.1) is 47.6 Å². The van der Waals surface area contributed by atoms with Crippen LogP contribution in [0.2, 0.25) is 0 Å². The van der Waals surface area contributed by atoms with Crippen molar-refractivity contribution in [1.82, 2.24) is 0 Å². The smallest absolute Gasteiger partial charge is 0.281 e. The van der Waals surface area contributed by atoms with Gasteiger partial charge in [-0.1, -0.05) is 0 Å². The predicted octanol–water partition coefficient (Wildman–Crippen LogP) is -0.761. The van der Waals surface area contributed by atoms with Gasteiger partial charge in [0, 0.05) is 0 Å². The maximum absolute atomic E-state index is 7.50. The highest BCUT2D eigenvalue weighted by molar-refractivity contribution is 5.80. The number of hydrazone groups is 1. The zero-order chi connectivity index (χ0) is 18.6. The first kappa shape index (κ1) is 25.5. The molecule has 1 fully saturated rings. The highest BCUT2D eigenvalue weighted by Gasteiger charge is 2.18. The molecule has 1 aliphatic rings. The number of quaternary nitrogens is 1. The van der Waals surface area contributed by atoms with Crippen LogP contribution in [0.4, 0.5) is 0 Å². The lowest BCUT2D eigenvalue weighted by atomic mass is 10.2. The van der Waals surface area contributed by atoms with Crippen LogP contribution in [0.1, 0.15) is 31.2 Å². The van der Waals surface area contributed by atoms with E-state index in [0.29, 0.717) is 6.10 Å². The van der Waals surface area contributed by atoms with E-state index >= 15 is 0 Å². The van der Waals surface area contributed by atoms with Gasteiger partial charge in [0.15, 0.2) is 11.5 Å². The molecule has 1 aromatic carbocycles. The molecule has 0 amide bonds. The topological polar surface area (TPSA) is 73.9 Å². The van der Waals surface area contributed by atoms with Crippen LogP contribution in [0.15, 0.2) is 23.3 Å². The summed E-state index contributed by atoms with van der Waals surface area (Å²) in [4.78, 5) is 7.50. The van der Waals surface area contributed by atoms with Crippen LogP contribution >= 0.6 is 0 Å². The number of ether oxygens (including phenoxy) is 2. The Hall–Kier alpha value is -1.79. The number of rotatable bonds is 4. The molecule has 142 valence electrons. The van der Waals surface area contributed by atoms with Crippen LogP contribution in [-0.2, 0) is 4.79 Å². The number of carbonyl (C=O) groups excluding carboxylic acids is 1. The Bertz CT molecular complexity index is 493. The van der Waals surface area contributed by atoms with Crippen LogP contribution < -0.4 is 27.7 Å². The van der Waals surface area contributed by atoms with Crippen molar-refractivity contribution >= 4 is 13.0 Å². The van der Waals surface area contributed by atoms with E-state index in [-0.39, 0.29) is 12.4 Å². The lowest BCUT2D eigenvalue weighted by molar-refractivity contribution is -0.849. The minimum absolute atomic E-state index is 0. The molecule has 0 spiro atoms. The normalized spacial score (nSPS) is 13.8. The second kappa shape index (κ2) is 13.5. The van der Waals surface area contributed by atoms with Gasteiger partial charge >= 0.3 is 0 Å². The Morgan fingerprint density at radius 3 is 2.12 bits per heavy atom. The highest BCUT2D eigenvalue weighted by Crippen LogP contribution is 2.32. The van der Waals surface area contributed by atoms with E-state index in [2.05, 4.69) is 40.1 Å². The second-order valence-corrected chi connectivity index (χ2v) is 6.90. The molecule has 7 heteroatoms. The third-order valence-electron chi connectivity index (χ3n) is 3.01. The van der Waals surface area contributed by atoms with Crippen molar-refractivity contribution < 1.29 is 31.2 Å². The van der Waals surface area contributed by atoms with Crippen molar-refractivity contribution in [2.45, 2.75) is 31.8 Å². The number of nitrogens with two attached hydrogens (primary N) is 1. The molecule has 1 aliphatic carbocycles. The molecular formula is C18H30ClN3O3. The molecule has 6 nitrogen and oxygen atoms in total. The summed E-state index contributed by atoms with van der Waals surface area (Å²) in [6.07, 6.45) is 6.65. The number of benzene rings is 1. The van der Waals surface area contributed by atoms with Gasteiger partial charge in [-0.15, -0.1) is 0 Å². The summed E-state index contributed by atoms with van der Waals surface area (Å²) in [7, 11) is 10.1. The molecule has 0 atom stereocenters. The monoisotopic (exact) mass is 371 g/mol. The number of hydrogen-bond donors (Lipinski definition) is 1. The third kappa shape index (κ3) is 12.3. The molecule has 0 bridgehead atoms. The fraction of sp³-hybridized carbons (Fsp3) is 0.556.